The summed E-state index contributed by atoms with van der Waals surface area (Å²) in [5, 5.41) is 0. The van der Waals surface area contributed by atoms with Gasteiger partial charge in [-0.3, -0.25) is 4.79 Å². The molecule has 0 aromatic heterocycles. The van der Waals surface area contributed by atoms with E-state index >= 15 is 0 Å². The van der Waals surface area contributed by atoms with Gasteiger partial charge in [-0.1, -0.05) is 60.2 Å². The lowest BCUT2D eigenvalue weighted by molar-refractivity contribution is -0.143. The highest BCUT2D eigenvalue weighted by Crippen LogP contribution is 2.61. The van der Waals surface area contributed by atoms with E-state index in [9.17, 15) is 4.79 Å². The monoisotopic (exact) mass is 266 g/mol. The number of hydrogen-bond acceptors (Lipinski definition) is 2. The Kier molecular flexibility index (Phi) is 3.09. The maximum atomic E-state index is 12.3. The summed E-state index contributed by atoms with van der Waals surface area (Å²) >= 11 is 0. The van der Waals surface area contributed by atoms with Crippen molar-refractivity contribution in [3.05, 3.63) is 71.3 Å². The van der Waals surface area contributed by atoms with Crippen LogP contribution in [0.1, 0.15) is 29.0 Å². The zero-order valence-electron chi connectivity index (χ0n) is 11.8. The maximum Gasteiger partial charge on any atom is 0.316 e. The Balaban J connectivity index is 2.01. The average Bonchev–Trinajstić information content (AvgIpc) is 3.25. The third kappa shape index (κ3) is 1.92. The highest BCUT2D eigenvalue weighted by Gasteiger charge is 2.62. The Bertz CT molecular complexity index is 616. The van der Waals surface area contributed by atoms with Crippen molar-refractivity contribution in [2.75, 3.05) is 7.11 Å². The summed E-state index contributed by atoms with van der Waals surface area (Å²) in [4.78, 5) is 12.3. The minimum atomic E-state index is -0.496. The van der Waals surface area contributed by atoms with Gasteiger partial charge in [0.1, 0.15) is 5.41 Å². The van der Waals surface area contributed by atoms with Crippen molar-refractivity contribution in [1.29, 1.82) is 0 Å². The summed E-state index contributed by atoms with van der Waals surface area (Å²) in [7, 11) is 1.47. The van der Waals surface area contributed by atoms with Crippen molar-refractivity contribution in [3.63, 3.8) is 0 Å². The molecule has 0 heterocycles. The van der Waals surface area contributed by atoms with E-state index in [0.29, 0.717) is 0 Å². The minimum Gasteiger partial charge on any atom is -0.468 e. The molecule has 0 N–H and O–H groups in total. The highest BCUT2D eigenvalue weighted by molar-refractivity contribution is 5.89. The fraction of sp³-hybridized carbons (Fsp3) is 0.278. The molecule has 0 bridgehead atoms. The molecule has 2 nitrogen and oxygen atoms in total. The number of ether oxygens (including phenoxy) is 1. The molecule has 0 aliphatic heterocycles. The number of carbonyl (C=O) groups excluding carboxylic acids is 1. The van der Waals surface area contributed by atoms with Gasteiger partial charge in [-0.2, -0.15) is 0 Å². The lowest BCUT2D eigenvalue weighted by Gasteiger charge is -2.16. The SMILES string of the molecule is COC(=O)[C@@]1(c2ccc(C)cc2)C[C@@H]1c1ccccc1. The van der Waals surface area contributed by atoms with E-state index < -0.39 is 5.41 Å². The topological polar surface area (TPSA) is 26.3 Å². The van der Waals surface area contributed by atoms with Crippen molar-refractivity contribution in [1.82, 2.24) is 0 Å². The minimum absolute atomic E-state index is 0.129. The number of methoxy groups -OCH3 is 1. The predicted molar refractivity (Wildman–Crippen MR) is 78.7 cm³/mol. The first-order valence-corrected chi connectivity index (χ1v) is 6.89. The molecule has 0 saturated heterocycles. The summed E-state index contributed by atoms with van der Waals surface area (Å²) in [6.07, 6.45) is 0.826. The van der Waals surface area contributed by atoms with Crippen molar-refractivity contribution >= 4 is 5.97 Å². The van der Waals surface area contributed by atoms with Crippen LogP contribution in [0.2, 0.25) is 0 Å². The van der Waals surface area contributed by atoms with Gasteiger partial charge in [-0.25, -0.2) is 0 Å². The first-order chi connectivity index (χ1) is 9.68. The molecule has 2 atom stereocenters. The first-order valence-electron chi connectivity index (χ1n) is 6.89. The molecule has 3 rings (SSSR count). The van der Waals surface area contributed by atoms with Crippen LogP contribution in [-0.4, -0.2) is 13.1 Å². The number of rotatable bonds is 3. The molecule has 0 spiro atoms. The van der Waals surface area contributed by atoms with Crippen LogP contribution in [0.4, 0.5) is 0 Å². The van der Waals surface area contributed by atoms with Gasteiger partial charge in [0, 0.05) is 5.92 Å². The Morgan fingerprint density at radius 2 is 1.75 bits per heavy atom. The molecule has 1 aliphatic rings. The molecule has 20 heavy (non-hydrogen) atoms. The normalized spacial score (nSPS) is 24.2. The second kappa shape index (κ2) is 4.78. The zero-order chi connectivity index (χ0) is 14.2. The van der Waals surface area contributed by atoms with Gasteiger partial charge >= 0.3 is 5.97 Å². The Labute approximate surface area is 119 Å². The number of aryl methyl sites for hydroxylation is 1. The third-order valence-electron chi connectivity index (χ3n) is 4.28. The smallest absolute Gasteiger partial charge is 0.316 e. The van der Waals surface area contributed by atoms with Crippen LogP contribution < -0.4 is 0 Å². The van der Waals surface area contributed by atoms with E-state index in [1.54, 1.807) is 0 Å². The van der Waals surface area contributed by atoms with Crippen LogP contribution in [0, 0.1) is 6.92 Å². The average molecular weight is 266 g/mol. The van der Waals surface area contributed by atoms with E-state index in [1.807, 2.05) is 18.2 Å². The quantitative estimate of drug-likeness (QED) is 0.793. The van der Waals surface area contributed by atoms with Crippen molar-refractivity contribution in [3.8, 4) is 0 Å². The summed E-state index contributed by atoms with van der Waals surface area (Å²) < 4.78 is 5.07. The van der Waals surface area contributed by atoms with Gasteiger partial charge in [-0.15, -0.1) is 0 Å². The second-order valence-electron chi connectivity index (χ2n) is 5.50. The van der Waals surface area contributed by atoms with Crippen LogP contribution in [0.15, 0.2) is 54.6 Å². The lowest BCUT2D eigenvalue weighted by Crippen LogP contribution is -2.24. The molecule has 1 fully saturated rings. The van der Waals surface area contributed by atoms with Gasteiger partial charge < -0.3 is 4.74 Å². The van der Waals surface area contributed by atoms with Gasteiger partial charge in [0.2, 0.25) is 0 Å². The summed E-state index contributed by atoms with van der Waals surface area (Å²) in [6.45, 7) is 2.05. The number of benzene rings is 2. The molecule has 0 amide bonds. The first kappa shape index (κ1) is 12.9. The predicted octanol–water partition coefficient (Wildman–Crippen LogP) is 3.59. The maximum absolute atomic E-state index is 12.3. The Morgan fingerprint density at radius 1 is 1.10 bits per heavy atom. The number of carbonyl (C=O) groups is 1. The molecule has 1 saturated carbocycles. The molecule has 2 aromatic rings. The fourth-order valence-corrected chi connectivity index (χ4v) is 3.05. The van der Waals surface area contributed by atoms with Crippen LogP contribution in [0.3, 0.4) is 0 Å². The summed E-state index contributed by atoms with van der Waals surface area (Å²) in [6, 6.07) is 18.4. The van der Waals surface area contributed by atoms with E-state index in [2.05, 4.69) is 43.3 Å². The van der Waals surface area contributed by atoms with Crippen molar-refractivity contribution in [2.24, 2.45) is 0 Å². The third-order valence-corrected chi connectivity index (χ3v) is 4.28. The van der Waals surface area contributed by atoms with Gasteiger partial charge in [0.15, 0.2) is 0 Å². The molecular weight excluding hydrogens is 248 g/mol. The van der Waals surface area contributed by atoms with E-state index in [1.165, 1.54) is 18.2 Å². The van der Waals surface area contributed by atoms with E-state index in [0.717, 1.165) is 12.0 Å². The van der Waals surface area contributed by atoms with Gasteiger partial charge in [-0.05, 0) is 24.5 Å². The Hall–Kier alpha value is -2.09. The van der Waals surface area contributed by atoms with Crippen molar-refractivity contribution < 1.29 is 9.53 Å². The molecule has 0 radical (unpaired) electrons. The van der Waals surface area contributed by atoms with Crippen molar-refractivity contribution in [2.45, 2.75) is 24.7 Å². The van der Waals surface area contributed by atoms with Crippen LogP contribution in [-0.2, 0) is 14.9 Å². The van der Waals surface area contributed by atoms with Crippen LogP contribution in [0.5, 0.6) is 0 Å². The molecule has 2 heteroatoms. The molecule has 0 unspecified atom stereocenters. The lowest BCUT2D eigenvalue weighted by atomic mass is 9.90. The van der Waals surface area contributed by atoms with Crippen LogP contribution >= 0.6 is 0 Å². The molecular formula is C18H18O2. The van der Waals surface area contributed by atoms with Gasteiger partial charge in [0.25, 0.3) is 0 Å². The van der Waals surface area contributed by atoms with Gasteiger partial charge in [0.05, 0.1) is 7.11 Å². The largest absolute Gasteiger partial charge is 0.468 e. The van der Waals surface area contributed by atoms with E-state index in [4.69, 9.17) is 4.74 Å². The summed E-state index contributed by atoms with van der Waals surface area (Å²) in [5.41, 5.74) is 2.97. The molecule has 2 aromatic carbocycles. The highest BCUT2D eigenvalue weighted by atomic mass is 16.5. The van der Waals surface area contributed by atoms with Crippen LogP contribution in [0.25, 0.3) is 0 Å². The Morgan fingerprint density at radius 3 is 2.35 bits per heavy atom. The zero-order valence-corrected chi connectivity index (χ0v) is 11.8. The number of esters is 1. The number of hydrogen-bond donors (Lipinski definition) is 0. The molecule has 102 valence electrons. The summed E-state index contributed by atoms with van der Waals surface area (Å²) in [5.74, 6) is 0.0917. The second-order valence-corrected chi connectivity index (χ2v) is 5.50. The standard InChI is InChI=1S/C18H18O2/c1-13-8-10-15(11-9-13)18(17(19)20-2)12-16(18)14-6-4-3-5-7-14/h3-11,16H,12H2,1-2H3/t16-,18-/m1/s1. The van der Waals surface area contributed by atoms with E-state index in [-0.39, 0.29) is 11.9 Å². The fourth-order valence-electron chi connectivity index (χ4n) is 3.05. The molecule has 1 aliphatic carbocycles.